The summed E-state index contributed by atoms with van der Waals surface area (Å²) in [6, 6.07) is 12.4. The van der Waals surface area contributed by atoms with E-state index in [9.17, 15) is 19.2 Å². The van der Waals surface area contributed by atoms with Gasteiger partial charge in [0.1, 0.15) is 11.9 Å². The number of likely N-dealkylation sites (N-methyl/N-ethyl adjacent to an activating group) is 1. The number of imidazole rings is 1. The Kier molecular flexibility index (Phi) is 11.6. The van der Waals surface area contributed by atoms with Gasteiger partial charge in [0, 0.05) is 31.4 Å². The molecule has 2 saturated heterocycles. The van der Waals surface area contributed by atoms with Crippen molar-refractivity contribution in [2.75, 3.05) is 34.4 Å². The van der Waals surface area contributed by atoms with E-state index in [2.05, 4.69) is 70.8 Å². The number of amides is 3. The molecule has 8 rings (SSSR count). The zero-order valence-corrected chi connectivity index (χ0v) is 35.7. The number of methoxy groups -OCH3 is 2. The maximum absolute atomic E-state index is 13.9. The van der Waals surface area contributed by atoms with E-state index in [-0.39, 0.29) is 60.2 Å². The lowest BCUT2D eigenvalue weighted by Gasteiger charge is -2.30. The van der Waals surface area contributed by atoms with Crippen molar-refractivity contribution in [2.24, 2.45) is 22.7 Å². The molecule has 0 spiro atoms. The molecular formula is C47H57N7O6. The Morgan fingerprint density at radius 2 is 1.45 bits per heavy atom. The fraction of sp³-hybridized carbons (Fsp3) is 0.489. The van der Waals surface area contributed by atoms with E-state index in [4.69, 9.17) is 19.5 Å². The molecular weight excluding hydrogens is 759 g/mol. The number of carbonyl (C=O) groups excluding carboxylic acids is 4. The van der Waals surface area contributed by atoms with Gasteiger partial charge in [0.25, 0.3) is 0 Å². The van der Waals surface area contributed by atoms with E-state index in [0.717, 1.165) is 54.0 Å². The van der Waals surface area contributed by atoms with Crippen molar-refractivity contribution in [3.63, 3.8) is 0 Å². The molecule has 0 radical (unpaired) electrons. The van der Waals surface area contributed by atoms with Crippen LogP contribution in [0.25, 0.3) is 28.0 Å². The molecule has 13 nitrogen and oxygen atoms in total. The normalized spacial score (nSPS) is 22.9. The summed E-state index contributed by atoms with van der Waals surface area (Å²) in [5.74, 6) is -0.253. The SMILES string of the molecule is COC(=O)C[C@H](C(=O)N1CCC[C@H]1C1=NC=C(c2ccc(-c3ccc(-c4cnc([C@@H]5CCCN5C(=O)[C@@H](NC(=O)OC)C(C)C)[nH]4)cc3)c3c2C2C=CC3N2C)C1)C(C)C. The smallest absolute Gasteiger partial charge is 0.407 e. The Morgan fingerprint density at radius 3 is 2.10 bits per heavy atom. The van der Waals surface area contributed by atoms with Gasteiger partial charge in [-0.2, -0.15) is 0 Å². The van der Waals surface area contributed by atoms with Crippen LogP contribution in [0.2, 0.25) is 0 Å². The zero-order chi connectivity index (χ0) is 42.4. The third-order valence-corrected chi connectivity index (χ3v) is 13.3. The summed E-state index contributed by atoms with van der Waals surface area (Å²) in [4.78, 5) is 71.2. The second kappa shape index (κ2) is 16.8. The molecule has 3 aromatic rings. The summed E-state index contributed by atoms with van der Waals surface area (Å²) >= 11 is 0. The van der Waals surface area contributed by atoms with E-state index in [0.29, 0.717) is 19.5 Å². The number of H-pyrrole nitrogens is 1. The summed E-state index contributed by atoms with van der Waals surface area (Å²) in [6.45, 7) is 9.07. The number of likely N-dealkylation sites (tertiary alicyclic amines) is 2. The predicted octanol–water partition coefficient (Wildman–Crippen LogP) is 7.40. The fourth-order valence-corrected chi connectivity index (χ4v) is 10.0. The Bertz CT molecular complexity index is 2260. The summed E-state index contributed by atoms with van der Waals surface area (Å²) in [5, 5.41) is 2.72. The Labute approximate surface area is 352 Å². The molecule has 6 heterocycles. The molecule has 5 aliphatic heterocycles. The van der Waals surface area contributed by atoms with E-state index < -0.39 is 18.1 Å². The average molecular weight is 816 g/mol. The number of allylic oxidation sites excluding steroid dienone is 1. The van der Waals surface area contributed by atoms with E-state index in [1.165, 1.54) is 42.0 Å². The minimum absolute atomic E-state index is 0.0148. The molecule has 2 fully saturated rings. The highest BCUT2D eigenvalue weighted by Gasteiger charge is 2.43. The van der Waals surface area contributed by atoms with Crippen molar-refractivity contribution < 1.29 is 28.7 Å². The molecule has 2 aromatic carbocycles. The molecule has 13 heteroatoms. The van der Waals surface area contributed by atoms with Gasteiger partial charge >= 0.3 is 12.1 Å². The lowest BCUT2D eigenvalue weighted by atomic mass is 9.83. The number of aliphatic imine (C=N–C) groups is 1. The molecule has 60 heavy (non-hydrogen) atoms. The van der Waals surface area contributed by atoms with Crippen LogP contribution >= 0.6 is 0 Å². The molecule has 6 atom stereocenters. The minimum atomic E-state index is -0.689. The number of carbonyl (C=O) groups is 4. The van der Waals surface area contributed by atoms with Gasteiger partial charge in [-0.25, -0.2) is 9.78 Å². The molecule has 0 saturated carbocycles. The Morgan fingerprint density at radius 1 is 0.817 bits per heavy atom. The molecule has 3 amide bonds. The van der Waals surface area contributed by atoms with Crippen LogP contribution in [0.15, 0.2) is 65.9 Å². The number of alkyl carbamates (subject to hydrolysis) is 1. The van der Waals surface area contributed by atoms with Crippen LogP contribution < -0.4 is 5.32 Å². The second-order valence-corrected chi connectivity index (χ2v) is 17.5. The van der Waals surface area contributed by atoms with Crippen molar-refractivity contribution in [1.82, 2.24) is 30.0 Å². The topological polar surface area (TPSA) is 150 Å². The number of benzene rings is 2. The summed E-state index contributed by atoms with van der Waals surface area (Å²) in [5.41, 5.74) is 10.2. The number of hydrogen-bond acceptors (Lipinski definition) is 9. The van der Waals surface area contributed by atoms with Crippen LogP contribution in [0.1, 0.15) is 107 Å². The van der Waals surface area contributed by atoms with Gasteiger partial charge in [-0.05, 0) is 83.5 Å². The van der Waals surface area contributed by atoms with Crippen molar-refractivity contribution in [3.05, 3.63) is 83.5 Å². The first-order chi connectivity index (χ1) is 28.9. The van der Waals surface area contributed by atoms with Crippen molar-refractivity contribution >= 4 is 35.2 Å². The standard InChI is InChI=1S/C47H57N7O6/c1-26(2)33(23-40(55)59-6)45(56)53-20-8-10-36(53)34-22-30(24-48-34)32-17-16-31(41-37-18-19-38(42(32)41)52(37)5)28-12-14-29(15-13-28)35-25-49-44(50-35)39-11-9-21-54(39)46(57)43(27(3)4)51-47(58)60-7/h12-19,24-27,33,36-39,43H,8-11,20-23H2,1-7H3,(H,49,50)(H,51,58)/t33-,36-,37?,38?,39-,43-/m0/s1. The first-order valence-corrected chi connectivity index (χ1v) is 21.4. The number of fused-ring (bicyclic) bond motifs is 5. The highest BCUT2D eigenvalue weighted by atomic mass is 16.5. The molecule has 1 aromatic heterocycles. The second-order valence-electron chi connectivity index (χ2n) is 17.5. The quantitative estimate of drug-likeness (QED) is 0.142. The largest absolute Gasteiger partial charge is 0.469 e. The van der Waals surface area contributed by atoms with E-state index in [1.54, 1.807) is 0 Å². The first kappa shape index (κ1) is 41.2. The molecule has 0 aliphatic carbocycles. The van der Waals surface area contributed by atoms with Gasteiger partial charge < -0.3 is 29.6 Å². The molecule has 316 valence electrons. The molecule has 2 unspecified atom stereocenters. The number of rotatable bonds is 12. The number of aromatic nitrogens is 2. The first-order valence-electron chi connectivity index (χ1n) is 21.4. The summed E-state index contributed by atoms with van der Waals surface area (Å²) < 4.78 is 9.72. The fourth-order valence-electron chi connectivity index (χ4n) is 10.0. The van der Waals surface area contributed by atoms with Gasteiger partial charge in [0.2, 0.25) is 11.8 Å². The van der Waals surface area contributed by atoms with Crippen LogP contribution in [-0.4, -0.2) is 101 Å². The summed E-state index contributed by atoms with van der Waals surface area (Å²) in [6.07, 6.45) is 12.0. The van der Waals surface area contributed by atoms with Crippen LogP contribution in [-0.2, 0) is 23.9 Å². The van der Waals surface area contributed by atoms with Crippen LogP contribution in [0.3, 0.4) is 0 Å². The van der Waals surface area contributed by atoms with Crippen molar-refractivity contribution in [3.8, 4) is 22.4 Å². The Balaban J connectivity index is 0.997. The predicted molar refractivity (Wildman–Crippen MR) is 229 cm³/mol. The van der Waals surface area contributed by atoms with Gasteiger partial charge in [-0.1, -0.05) is 76.2 Å². The highest BCUT2D eigenvalue weighted by Crippen LogP contribution is 2.54. The minimum Gasteiger partial charge on any atom is -0.469 e. The van der Waals surface area contributed by atoms with Gasteiger partial charge in [-0.15, -0.1) is 0 Å². The zero-order valence-electron chi connectivity index (χ0n) is 35.7. The highest BCUT2D eigenvalue weighted by molar-refractivity contribution is 6.04. The van der Waals surface area contributed by atoms with Crippen LogP contribution in [0.4, 0.5) is 4.79 Å². The lowest BCUT2D eigenvalue weighted by molar-refractivity contribution is -0.148. The average Bonchev–Trinajstić information content (AvgIpc) is 4.12. The van der Waals surface area contributed by atoms with Crippen molar-refractivity contribution in [2.45, 2.75) is 96.4 Å². The van der Waals surface area contributed by atoms with Crippen molar-refractivity contribution in [1.29, 1.82) is 0 Å². The van der Waals surface area contributed by atoms with Crippen LogP contribution in [0.5, 0.6) is 0 Å². The monoisotopic (exact) mass is 815 g/mol. The number of aromatic amines is 1. The summed E-state index contributed by atoms with van der Waals surface area (Å²) in [7, 11) is 4.86. The third kappa shape index (κ3) is 7.45. The van der Waals surface area contributed by atoms with Gasteiger partial charge in [0.05, 0.1) is 62.6 Å². The number of nitrogens with one attached hydrogen (secondary N) is 2. The number of hydrogen-bond donors (Lipinski definition) is 2. The maximum Gasteiger partial charge on any atom is 0.407 e. The lowest BCUT2D eigenvalue weighted by Crippen LogP contribution is -2.51. The third-order valence-electron chi connectivity index (χ3n) is 13.3. The number of esters is 1. The molecule has 2 N–H and O–H groups in total. The number of ether oxygens (including phenoxy) is 2. The number of nitrogens with zero attached hydrogens (tertiary/aromatic N) is 5. The van der Waals surface area contributed by atoms with E-state index in [1.807, 2.05) is 49.9 Å². The molecule has 2 bridgehead atoms. The van der Waals surface area contributed by atoms with Crippen LogP contribution in [0, 0.1) is 17.8 Å². The molecule has 5 aliphatic rings. The Hall–Kier alpha value is -5.56. The van der Waals surface area contributed by atoms with E-state index >= 15 is 0 Å². The maximum atomic E-state index is 13.9. The van der Waals surface area contributed by atoms with Gasteiger partial charge in [0.15, 0.2) is 0 Å². The van der Waals surface area contributed by atoms with Gasteiger partial charge in [-0.3, -0.25) is 24.3 Å².